The van der Waals surface area contributed by atoms with Crippen LogP contribution in [0.4, 0.5) is 0 Å². The van der Waals surface area contributed by atoms with Crippen molar-refractivity contribution in [2.24, 2.45) is 5.41 Å². The first kappa shape index (κ1) is 16.9. The molecule has 22 heavy (non-hydrogen) atoms. The average Bonchev–Trinajstić information content (AvgIpc) is 2.45. The number of hydrogen-bond donors (Lipinski definition) is 2. The summed E-state index contributed by atoms with van der Waals surface area (Å²) in [6.07, 6.45) is 0.330. The Kier molecular flexibility index (Phi) is 4.60. The third kappa shape index (κ3) is 3.31. The van der Waals surface area contributed by atoms with E-state index in [4.69, 9.17) is 9.84 Å². The van der Waals surface area contributed by atoms with Gasteiger partial charge >= 0.3 is 5.97 Å². The first-order valence-electron chi connectivity index (χ1n) is 7.15. The Morgan fingerprint density at radius 3 is 2.59 bits per heavy atom. The number of sulfonamides is 1. The van der Waals surface area contributed by atoms with Crippen molar-refractivity contribution in [1.82, 2.24) is 4.72 Å². The van der Waals surface area contributed by atoms with Gasteiger partial charge in [0.1, 0.15) is 0 Å². The van der Waals surface area contributed by atoms with E-state index >= 15 is 0 Å². The molecule has 1 saturated heterocycles. The van der Waals surface area contributed by atoms with Crippen molar-refractivity contribution in [3.05, 3.63) is 29.3 Å². The molecule has 2 rings (SSSR count). The highest BCUT2D eigenvalue weighted by molar-refractivity contribution is 7.89. The number of rotatable bonds is 6. The normalized spacial score (nSPS) is 20.4. The third-order valence-corrected chi connectivity index (χ3v) is 5.48. The molecule has 1 unspecified atom stereocenters. The molecule has 122 valence electrons. The number of aromatic carboxylic acids is 1. The van der Waals surface area contributed by atoms with E-state index in [1.807, 2.05) is 20.8 Å². The second kappa shape index (κ2) is 5.98. The summed E-state index contributed by atoms with van der Waals surface area (Å²) in [5, 5.41) is 9.04. The van der Waals surface area contributed by atoms with Crippen molar-refractivity contribution < 1.29 is 23.1 Å². The van der Waals surface area contributed by atoms with Gasteiger partial charge in [-0.05, 0) is 24.1 Å². The molecule has 0 amide bonds. The van der Waals surface area contributed by atoms with Gasteiger partial charge in [0.15, 0.2) is 0 Å². The molecule has 0 aliphatic carbocycles. The molecule has 1 aliphatic rings. The van der Waals surface area contributed by atoms with Crippen LogP contribution in [-0.2, 0) is 21.2 Å². The number of carboxylic acids is 1. The van der Waals surface area contributed by atoms with Gasteiger partial charge in [-0.2, -0.15) is 0 Å². The summed E-state index contributed by atoms with van der Waals surface area (Å²) >= 11 is 0. The Labute approximate surface area is 130 Å². The van der Waals surface area contributed by atoms with Gasteiger partial charge in [0.2, 0.25) is 10.0 Å². The number of nitrogens with one attached hydrogen (secondary N) is 1. The number of benzene rings is 1. The van der Waals surface area contributed by atoms with Gasteiger partial charge in [-0.15, -0.1) is 0 Å². The molecule has 6 nitrogen and oxygen atoms in total. The Bertz CT molecular complexity index is 681. The average molecular weight is 327 g/mol. The van der Waals surface area contributed by atoms with Gasteiger partial charge in [-0.1, -0.05) is 26.8 Å². The lowest BCUT2D eigenvalue weighted by Gasteiger charge is -2.44. The molecule has 1 heterocycles. The standard InChI is InChI=1S/C15H21NO5S/c1-4-10-5-6-11(14(17)18)7-12(10)22(19,20)16-8-13-15(2,3)9-21-13/h5-7,13,16H,4,8-9H2,1-3H3,(H,17,18). The topological polar surface area (TPSA) is 92.7 Å². The molecule has 1 aromatic rings. The molecular formula is C15H21NO5S. The van der Waals surface area contributed by atoms with E-state index in [0.717, 1.165) is 0 Å². The van der Waals surface area contributed by atoms with Gasteiger partial charge in [0.25, 0.3) is 0 Å². The lowest BCUT2D eigenvalue weighted by molar-refractivity contribution is -0.162. The van der Waals surface area contributed by atoms with Gasteiger partial charge in [0.05, 0.1) is 23.2 Å². The minimum Gasteiger partial charge on any atom is -0.478 e. The van der Waals surface area contributed by atoms with Crippen molar-refractivity contribution in [2.75, 3.05) is 13.2 Å². The zero-order valence-corrected chi connectivity index (χ0v) is 13.7. The van der Waals surface area contributed by atoms with E-state index in [9.17, 15) is 13.2 Å². The third-order valence-electron chi connectivity index (χ3n) is 3.97. The molecule has 1 fully saturated rings. The van der Waals surface area contributed by atoms with E-state index in [-0.39, 0.29) is 28.5 Å². The number of carboxylic acid groups (broad SMARTS) is 1. The SMILES string of the molecule is CCc1ccc(C(=O)O)cc1S(=O)(=O)NCC1OCC1(C)C. The number of aryl methyl sites for hydroxylation is 1. The fourth-order valence-electron chi connectivity index (χ4n) is 2.36. The van der Waals surface area contributed by atoms with Crippen LogP contribution >= 0.6 is 0 Å². The fraction of sp³-hybridized carbons (Fsp3) is 0.533. The Balaban J connectivity index is 2.24. The molecule has 0 bridgehead atoms. The van der Waals surface area contributed by atoms with Crippen molar-refractivity contribution in [3.8, 4) is 0 Å². The fourth-order valence-corrected chi connectivity index (χ4v) is 3.73. The first-order valence-corrected chi connectivity index (χ1v) is 8.63. The molecule has 2 N–H and O–H groups in total. The predicted molar refractivity (Wildman–Crippen MR) is 81.5 cm³/mol. The van der Waals surface area contributed by atoms with E-state index in [1.54, 1.807) is 6.07 Å². The highest BCUT2D eigenvalue weighted by Crippen LogP contribution is 2.33. The summed E-state index contributed by atoms with van der Waals surface area (Å²) in [6.45, 7) is 6.63. The van der Waals surface area contributed by atoms with Crippen LogP contribution in [0.25, 0.3) is 0 Å². The van der Waals surface area contributed by atoms with Crippen molar-refractivity contribution in [2.45, 2.75) is 38.2 Å². The van der Waals surface area contributed by atoms with E-state index in [0.29, 0.717) is 18.6 Å². The summed E-state index contributed by atoms with van der Waals surface area (Å²) < 4.78 is 32.9. The van der Waals surface area contributed by atoms with Gasteiger partial charge in [0, 0.05) is 12.0 Å². The molecule has 0 radical (unpaired) electrons. The molecule has 1 aliphatic heterocycles. The Morgan fingerprint density at radius 2 is 2.14 bits per heavy atom. The zero-order chi connectivity index (χ0) is 16.5. The van der Waals surface area contributed by atoms with Crippen molar-refractivity contribution in [3.63, 3.8) is 0 Å². The van der Waals surface area contributed by atoms with Crippen LogP contribution in [0, 0.1) is 5.41 Å². The molecule has 7 heteroatoms. The van der Waals surface area contributed by atoms with Crippen LogP contribution in [-0.4, -0.2) is 38.7 Å². The van der Waals surface area contributed by atoms with E-state index in [1.165, 1.54) is 12.1 Å². The van der Waals surface area contributed by atoms with E-state index in [2.05, 4.69) is 4.72 Å². The van der Waals surface area contributed by atoms with Gasteiger partial charge < -0.3 is 9.84 Å². The zero-order valence-electron chi connectivity index (χ0n) is 12.9. The Hall–Kier alpha value is -1.44. The summed E-state index contributed by atoms with van der Waals surface area (Å²) in [5.74, 6) is -1.15. The lowest BCUT2D eigenvalue weighted by atomic mass is 9.83. The van der Waals surface area contributed by atoms with Crippen LogP contribution in [0.5, 0.6) is 0 Å². The second-order valence-corrected chi connectivity index (χ2v) is 7.86. The van der Waals surface area contributed by atoms with Gasteiger partial charge in [-0.3, -0.25) is 0 Å². The monoisotopic (exact) mass is 327 g/mol. The van der Waals surface area contributed by atoms with Crippen LogP contribution in [0.15, 0.2) is 23.1 Å². The number of carbonyl (C=O) groups is 1. The highest BCUT2D eigenvalue weighted by Gasteiger charge is 2.40. The first-order chi connectivity index (χ1) is 10.2. The summed E-state index contributed by atoms with van der Waals surface area (Å²) in [6, 6.07) is 4.16. The van der Waals surface area contributed by atoms with E-state index < -0.39 is 16.0 Å². The molecule has 0 spiro atoms. The van der Waals surface area contributed by atoms with Crippen LogP contribution < -0.4 is 4.72 Å². The lowest BCUT2D eigenvalue weighted by Crippen LogP contribution is -2.53. The maximum Gasteiger partial charge on any atom is 0.335 e. The molecule has 0 aromatic heterocycles. The molecular weight excluding hydrogens is 306 g/mol. The smallest absolute Gasteiger partial charge is 0.335 e. The summed E-state index contributed by atoms with van der Waals surface area (Å²) in [5.41, 5.74) is 0.489. The molecule has 0 saturated carbocycles. The van der Waals surface area contributed by atoms with Crippen LogP contribution in [0.3, 0.4) is 0 Å². The largest absolute Gasteiger partial charge is 0.478 e. The van der Waals surface area contributed by atoms with Crippen LogP contribution in [0.2, 0.25) is 0 Å². The Morgan fingerprint density at radius 1 is 1.45 bits per heavy atom. The molecule has 1 atom stereocenters. The number of hydrogen-bond acceptors (Lipinski definition) is 4. The summed E-state index contributed by atoms with van der Waals surface area (Å²) in [4.78, 5) is 11.1. The van der Waals surface area contributed by atoms with Gasteiger partial charge in [-0.25, -0.2) is 17.9 Å². The minimum atomic E-state index is -3.77. The van der Waals surface area contributed by atoms with Crippen molar-refractivity contribution in [1.29, 1.82) is 0 Å². The second-order valence-electron chi connectivity index (χ2n) is 6.12. The number of ether oxygens (including phenoxy) is 1. The quantitative estimate of drug-likeness (QED) is 0.829. The molecule has 1 aromatic carbocycles. The predicted octanol–water partition coefficient (Wildman–Crippen LogP) is 1.65. The summed E-state index contributed by atoms with van der Waals surface area (Å²) in [7, 11) is -3.77. The van der Waals surface area contributed by atoms with Crippen molar-refractivity contribution >= 4 is 16.0 Å². The maximum absolute atomic E-state index is 12.5. The maximum atomic E-state index is 12.5. The highest BCUT2D eigenvalue weighted by atomic mass is 32.2. The minimum absolute atomic E-state index is 0.0204. The van der Waals surface area contributed by atoms with Crippen LogP contribution in [0.1, 0.15) is 36.7 Å².